The molecular formula is C20H19NO4. The number of ketones is 2. The number of rotatable bonds is 1. The Morgan fingerprint density at radius 3 is 2.16 bits per heavy atom. The molecule has 1 N–H and O–H groups in total. The standard InChI is InChI=1S/C20H19NO4/c22-14-5-1-3-12-19(14)18(20-13(21-12)4-2-6-15(20)23)11-7-8-16-17(9-11)25-10-24-16/h7-9,18,21H,1-6,10H2. The van der Waals surface area contributed by atoms with E-state index in [-0.39, 0.29) is 24.3 Å². The van der Waals surface area contributed by atoms with Gasteiger partial charge in [-0.1, -0.05) is 6.07 Å². The normalized spacial score (nSPS) is 22.7. The first-order valence-electron chi connectivity index (χ1n) is 8.91. The van der Waals surface area contributed by atoms with E-state index in [1.807, 2.05) is 18.2 Å². The molecule has 1 aromatic rings. The van der Waals surface area contributed by atoms with Crippen LogP contribution in [-0.4, -0.2) is 18.4 Å². The average Bonchev–Trinajstić information content (AvgIpc) is 3.08. The Hall–Kier alpha value is -2.56. The van der Waals surface area contributed by atoms with E-state index in [0.717, 1.165) is 53.8 Å². The molecule has 0 fully saturated rings. The molecule has 0 aromatic heterocycles. The molecule has 128 valence electrons. The number of hydrogen-bond acceptors (Lipinski definition) is 5. The van der Waals surface area contributed by atoms with Crippen LogP contribution < -0.4 is 14.8 Å². The van der Waals surface area contributed by atoms with Crippen LogP contribution in [0.15, 0.2) is 40.7 Å². The van der Waals surface area contributed by atoms with Crippen LogP contribution in [0.1, 0.15) is 50.0 Å². The van der Waals surface area contributed by atoms with Gasteiger partial charge < -0.3 is 14.8 Å². The first-order valence-corrected chi connectivity index (χ1v) is 8.91. The Morgan fingerprint density at radius 2 is 1.48 bits per heavy atom. The summed E-state index contributed by atoms with van der Waals surface area (Å²) < 4.78 is 10.9. The number of dihydropyridines is 1. The van der Waals surface area contributed by atoms with Crippen LogP contribution in [0.2, 0.25) is 0 Å². The molecule has 5 rings (SSSR count). The number of nitrogens with one attached hydrogen (secondary N) is 1. The van der Waals surface area contributed by atoms with Gasteiger partial charge >= 0.3 is 0 Å². The molecule has 2 aliphatic carbocycles. The van der Waals surface area contributed by atoms with Gasteiger partial charge in [-0.3, -0.25) is 9.59 Å². The smallest absolute Gasteiger partial charge is 0.231 e. The van der Waals surface area contributed by atoms with Gasteiger partial charge in [0, 0.05) is 41.3 Å². The van der Waals surface area contributed by atoms with Crippen molar-refractivity contribution >= 4 is 11.6 Å². The first kappa shape index (κ1) is 14.8. The quantitative estimate of drug-likeness (QED) is 0.853. The summed E-state index contributed by atoms with van der Waals surface area (Å²) in [5.74, 6) is 1.43. The monoisotopic (exact) mass is 337 g/mol. The summed E-state index contributed by atoms with van der Waals surface area (Å²) in [7, 11) is 0. The van der Waals surface area contributed by atoms with Gasteiger partial charge in [-0.05, 0) is 43.4 Å². The lowest BCUT2D eigenvalue weighted by molar-refractivity contribution is -0.116. The highest BCUT2D eigenvalue weighted by atomic mass is 16.7. The van der Waals surface area contributed by atoms with Crippen molar-refractivity contribution in [2.24, 2.45) is 0 Å². The Labute approximate surface area is 145 Å². The number of fused-ring (bicyclic) bond motifs is 1. The number of carbonyl (C=O) groups is 2. The number of ether oxygens (including phenoxy) is 2. The highest BCUT2D eigenvalue weighted by Gasteiger charge is 2.40. The van der Waals surface area contributed by atoms with Gasteiger partial charge in [0.25, 0.3) is 0 Å². The van der Waals surface area contributed by atoms with Crippen LogP contribution in [-0.2, 0) is 9.59 Å². The summed E-state index contributed by atoms with van der Waals surface area (Å²) in [5, 5.41) is 3.43. The minimum Gasteiger partial charge on any atom is -0.454 e. The fourth-order valence-corrected chi connectivity index (χ4v) is 4.41. The lowest BCUT2D eigenvalue weighted by Crippen LogP contribution is -2.36. The summed E-state index contributed by atoms with van der Waals surface area (Å²) >= 11 is 0. The Kier molecular flexibility index (Phi) is 3.23. The number of carbonyl (C=O) groups excluding carboxylic acids is 2. The van der Waals surface area contributed by atoms with Crippen molar-refractivity contribution in [2.45, 2.75) is 44.4 Å². The minimum atomic E-state index is -0.277. The third-order valence-electron chi connectivity index (χ3n) is 5.52. The van der Waals surface area contributed by atoms with Crippen LogP contribution in [0.4, 0.5) is 0 Å². The van der Waals surface area contributed by atoms with Gasteiger partial charge in [-0.25, -0.2) is 0 Å². The van der Waals surface area contributed by atoms with Gasteiger partial charge in [0.1, 0.15) is 0 Å². The fourth-order valence-electron chi connectivity index (χ4n) is 4.41. The van der Waals surface area contributed by atoms with E-state index in [1.165, 1.54) is 0 Å². The molecule has 0 amide bonds. The van der Waals surface area contributed by atoms with Crippen molar-refractivity contribution in [3.05, 3.63) is 46.3 Å². The SMILES string of the molecule is O=C1CCCC2=C1C(c1ccc3c(c1)OCO3)C1=C(CCCC1=O)N2. The molecule has 2 heterocycles. The van der Waals surface area contributed by atoms with Crippen molar-refractivity contribution in [1.82, 2.24) is 5.32 Å². The first-order chi connectivity index (χ1) is 12.2. The molecule has 0 saturated heterocycles. The zero-order valence-electron chi connectivity index (χ0n) is 13.9. The van der Waals surface area contributed by atoms with Crippen LogP contribution in [0.5, 0.6) is 11.5 Å². The molecule has 4 aliphatic rings. The Balaban J connectivity index is 1.69. The molecule has 2 aliphatic heterocycles. The summed E-state index contributed by atoms with van der Waals surface area (Å²) in [4.78, 5) is 25.5. The highest BCUT2D eigenvalue weighted by molar-refractivity contribution is 6.06. The Morgan fingerprint density at radius 1 is 0.840 bits per heavy atom. The molecule has 0 atom stereocenters. The summed E-state index contributed by atoms with van der Waals surface area (Å²) in [6, 6.07) is 5.76. The maximum absolute atomic E-state index is 12.7. The van der Waals surface area contributed by atoms with Crippen LogP contribution in [0, 0.1) is 0 Å². The molecule has 0 spiro atoms. The average molecular weight is 337 g/mol. The predicted molar refractivity (Wildman–Crippen MR) is 90.2 cm³/mol. The molecular weight excluding hydrogens is 318 g/mol. The molecule has 5 nitrogen and oxygen atoms in total. The van der Waals surface area contributed by atoms with E-state index in [0.29, 0.717) is 24.3 Å². The summed E-state index contributed by atoms with van der Waals surface area (Å²) in [5.41, 5.74) is 4.51. The number of Topliss-reactive ketones (excluding diaryl/α,β-unsaturated/α-hetero) is 2. The molecule has 0 bridgehead atoms. The topological polar surface area (TPSA) is 64.6 Å². The molecule has 1 aromatic carbocycles. The minimum absolute atomic E-state index is 0.154. The van der Waals surface area contributed by atoms with Crippen LogP contribution in [0.3, 0.4) is 0 Å². The van der Waals surface area contributed by atoms with Crippen molar-refractivity contribution in [3.63, 3.8) is 0 Å². The third kappa shape index (κ3) is 2.22. The second-order valence-electron chi connectivity index (χ2n) is 7.01. The zero-order chi connectivity index (χ0) is 17.0. The lowest BCUT2D eigenvalue weighted by Gasteiger charge is -2.37. The van der Waals surface area contributed by atoms with Gasteiger partial charge in [0.2, 0.25) is 6.79 Å². The highest BCUT2D eigenvalue weighted by Crippen LogP contribution is 2.47. The zero-order valence-corrected chi connectivity index (χ0v) is 13.9. The lowest BCUT2D eigenvalue weighted by atomic mass is 9.71. The molecule has 0 radical (unpaired) electrons. The summed E-state index contributed by atoms with van der Waals surface area (Å²) in [6.07, 6.45) is 4.58. The maximum atomic E-state index is 12.7. The molecule has 0 unspecified atom stereocenters. The van der Waals surface area contributed by atoms with Crippen molar-refractivity contribution < 1.29 is 19.1 Å². The van der Waals surface area contributed by atoms with E-state index in [2.05, 4.69) is 5.32 Å². The number of benzene rings is 1. The van der Waals surface area contributed by atoms with Crippen molar-refractivity contribution in [2.75, 3.05) is 6.79 Å². The van der Waals surface area contributed by atoms with Gasteiger partial charge in [-0.2, -0.15) is 0 Å². The number of allylic oxidation sites excluding steroid dienone is 4. The largest absolute Gasteiger partial charge is 0.454 e. The summed E-state index contributed by atoms with van der Waals surface area (Å²) in [6.45, 7) is 0.213. The van der Waals surface area contributed by atoms with Gasteiger partial charge in [-0.15, -0.1) is 0 Å². The second-order valence-corrected chi connectivity index (χ2v) is 7.01. The maximum Gasteiger partial charge on any atom is 0.231 e. The van der Waals surface area contributed by atoms with E-state index in [4.69, 9.17) is 9.47 Å². The molecule has 5 heteroatoms. The van der Waals surface area contributed by atoms with Crippen LogP contribution >= 0.6 is 0 Å². The molecule has 25 heavy (non-hydrogen) atoms. The van der Waals surface area contributed by atoms with Crippen molar-refractivity contribution in [3.8, 4) is 11.5 Å². The fraction of sp³-hybridized carbons (Fsp3) is 0.400. The molecule has 0 saturated carbocycles. The number of hydrogen-bond donors (Lipinski definition) is 1. The van der Waals surface area contributed by atoms with Crippen LogP contribution in [0.25, 0.3) is 0 Å². The van der Waals surface area contributed by atoms with E-state index < -0.39 is 0 Å². The van der Waals surface area contributed by atoms with E-state index in [1.54, 1.807) is 0 Å². The van der Waals surface area contributed by atoms with E-state index in [9.17, 15) is 9.59 Å². The third-order valence-corrected chi connectivity index (χ3v) is 5.52. The predicted octanol–water partition coefficient (Wildman–Crippen LogP) is 3.12. The van der Waals surface area contributed by atoms with Gasteiger partial charge in [0.05, 0.1) is 0 Å². The second kappa shape index (κ2) is 5.48. The van der Waals surface area contributed by atoms with Gasteiger partial charge in [0.15, 0.2) is 23.1 Å². The Bertz CT molecular complexity index is 822. The van der Waals surface area contributed by atoms with E-state index >= 15 is 0 Å². The van der Waals surface area contributed by atoms with Crippen molar-refractivity contribution in [1.29, 1.82) is 0 Å².